The summed E-state index contributed by atoms with van der Waals surface area (Å²) in [5.41, 5.74) is 0. The summed E-state index contributed by atoms with van der Waals surface area (Å²) in [5, 5.41) is 9.43. The van der Waals surface area contributed by atoms with Crippen molar-refractivity contribution < 1.29 is 0 Å². The molecule has 1 aliphatic carbocycles. The highest BCUT2D eigenvalue weighted by molar-refractivity contribution is 9.08. The first-order valence-electron chi connectivity index (χ1n) is 5.77. The number of nitrogens with zero attached hydrogens (tertiary/aromatic N) is 3. The first-order valence-corrected chi connectivity index (χ1v) is 6.89. The van der Waals surface area contributed by atoms with E-state index in [1.807, 2.05) is 0 Å². The molecule has 1 saturated carbocycles. The van der Waals surface area contributed by atoms with Crippen molar-refractivity contribution in [1.29, 1.82) is 0 Å². The van der Waals surface area contributed by atoms with Gasteiger partial charge in [-0.05, 0) is 19.3 Å². The molecular formula is C11H18BrN3. The number of hydrogen-bond donors (Lipinski definition) is 0. The van der Waals surface area contributed by atoms with Crippen LogP contribution in [0.4, 0.5) is 0 Å². The van der Waals surface area contributed by atoms with Gasteiger partial charge in [0.2, 0.25) is 0 Å². The molecule has 0 saturated heterocycles. The molecule has 1 aromatic heterocycles. The van der Waals surface area contributed by atoms with Crippen molar-refractivity contribution >= 4 is 15.9 Å². The smallest absolute Gasteiger partial charge is 0.143 e. The monoisotopic (exact) mass is 271 g/mol. The highest BCUT2D eigenvalue weighted by Gasteiger charge is 2.30. The molecule has 3 nitrogen and oxygen atoms in total. The van der Waals surface area contributed by atoms with E-state index < -0.39 is 0 Å². The fourth-order valence-corrected chi connectivity index (χ4v) is 2.44. The SMILES string of the molecule is CCCC(C)c1nnc(CBr)n1C1CC1. The maximum Gasteiger partial charge on any atom is 0.143 e. The van der Waals surface area contributed by atoms with Crippen LogP contribution in [0, 0.1) is 0 Å². The van der Waals surface area contributed by atoms with Gasteiger partial charge in [-0.15, -0.1) is 10.2 Å². The summed E-state index contributed by atoms with van der Waals surface area (Å²) in [5.74, 6) is 2.82. The lowest BCUT2D eigenvalue weighted by Crippen LogP contribution is -2.08. The molecule has 1 atom stereocenters. The predicted octanol–water partition coefficient (Wildman–Crippen LogP) is 3.41. The minimum Gasteiger partial charge on any atom is -0.311 e. The third-order valence-electron chi connectivity index (χ3n) is 2.99. The lowest BCUT2D eigenvalue weighted by molar-refractivity contribution is 0.566. The molecular weight excluding hydrogens is 254 g/mol. The van der Waals surface area contributed by atoms with E-state index in [4.69, 9.17) is 0 Å². The summed E-state index contributed by atoms with van der Waals surface area (Å²) >= 11 is 3.48. The van der Waals surface area contributed by atoms with Gasteiger partial charge in [-0.3, -0.25) is 0 Å². The summed E-state index contributed by atoms with van der Waals surface area (Å²) < 4.78 is 2.36. The van der Waals surface area contributed by atoms with Crippen LogP contribution in [-0.2, 0) is 5.33 Å². The highest BCUT2D eigenvalue weighted by atomic mass is 79.9. The lowest BCUT2D eigenvalue weighted by Gasteiger charge is -2.12. The average molecular weight is 272 g/mol. The zero-order valence-corrected chi connectivity index (χ0v) is 11.0. The van der Waals surface area contributed by atoms with Gasteiger partial charge in [0, 0.05) is 12.0 Å². The maximum atomic E-state index is 4.35. The topological polar surface area (TPSA) is 30.7 Å². The predicted molar refractivity (Wildman–Crippen MR) is 64.2 cm³/mol. The molecule has 0 aliphatic heterocycles. The van der Waals surface area contributed by atoms with Gasteiger partial charge < -0.3 is 4.57 Å². The minimum absolute atomic E-state index is 0.538. The molecule has 2 rings (SSSR count). The molecule has 1 aliphatic rings. The molecule has 0 spiro atoms. The zero-order chi connectivity index (χ0) is 10.8. The van der Waals surface area contributed by atoms with Crippen molar-refractivity contribution in [3.8, 4) is 0 Å². The Labute approximate surface area is 99.4 Å². The van der Waals surface area contributed by atoms with Crippen molar-refractivity contribution in [1.82, 2.24) is 14.8 Å². The van der Waals surface area contributed by atoms with Gasteiger partial charge in [-0.1, -0.05) is 36.2 Å². The average Bonchev–Trinajstić information content (AvgIpc) is 2.97. The van der Waals surface area contributed by atoms with Crippen LogP contribution in [0.5, 0.6) is 0 Å². The van der Waals surface area contributed by atoms with E-state index in [2.05, 4.69) is 44.5 Å². The van der Waals surface area contributed by atoms with E-state index in [9.17, 15) is 0 Å². The van der Waals surface area contributed by atoms with E-state index in [0.717, 1.165) is 11.2 Å². The summed E-state index contributed by atoms with van der Waals surface area (Å²) in [6, 6.07) is 0.682. The van der Waals surface area contributed by atoms with Crippen LogP contribution in [0.15, 0.2) is 0 Å². The Hall–Kier alpha value is -0.380. The molecule has 1 unspecified atom stereocenters. The molecule has 0 bridgehead atoms. The van der Waals surface area contributed by atoms with Crippen LogP contribution in [0.25, 0.3) is 0 Å². The van der Waals surface area contributed by atoms with Crippen LogP contribution >= 0.6 is 15.9 Å². The van der Waals surface area contributed by atoms with Crippen molar-refractivity contribution in [2.45, 2.75) is 56.8 Å². The second-order valence-corrected chi connectivity index (χ2v) is 4.96. The number of rotatable bonds is 5. The molecule has 4 heteroatoms. The first-order chi connectivity index (χ1) is 7.27. The van der Waals surface area contributed by atoms with Crippen LogP contribution in [-0.4, -0.2) is 14.8 Å². The van der Waals surface area contributed by atoms with Gasteiger partial charge in [0.15, 0.2) is 0 Å². The second-order valence-electron chi connectivity index (χ2n) is 4.40. The fraction of sp³-hybridized carbons (Fsp3) is 0.818. The minimum atomic E-state index is 0.538. The van der Waals surface area contributed by atoms with Crippen molar-refractivity contribution in [2.75, 3.05) is 0 Å². The summed E-state index contributed by atoms with van der Waals surface area (Å²) in [7, 11) is 0. The van der Waals surface area contributed by atoms with Crippen molar-refractivity contribution in [2.24, 2.45) is 0 Å². The van der Waals surface area contributed by atoms with Gasteiger partial charge in [0.1, 0.15) is 11.6 Å². The van der Waals surface area contributed by atoms with Gasteiger partial charge in [-0.2, -0.15) is 0 Å². The summed E-state index contributed by atoms with van der Waals surface area (Å²) in [6.45, 7) is 4.48. The Morgan fingerprint density at radius 1 is 1.47 bits per heavy atom. The van der Waals surface area contributed by atoms with E-state index in [0.29, 0.717) is 12.0 Å². The Morgan fingerprint density at radius 2 is 2.20 bits per heavy atom. The molecule has 0 amide bonds. The number of alkyl halides is 1. The fourth-order valence-electron chi connectivity index (χ4n) is 2.06. The highest BCUT2D eigenvalue weighted by Crippen LogP contribution is 2.38. The standard InChI is InChI=1S/C11H18BrN3/c1-3-4-8(2)11-14-13-10(7-12)15(11)9-5-6-9/h8-9H,3-7H2,1-2H3. The molecule has 84 valence electrons. The lowest BCUT2D eigenvalue weighted by atomic mass is 10.1. The molecule has 1 fully saturated rings. The van der Waals surface area contributed by atoms with E-state index in [-0.39, 0.29) is 0 Å². The summed E-state index contributed by atoms with van der Waals surface area (Å²) in [6.07, 6.45) is 5.00. The van der Waals surface area contributed by atoms with Crippen LogP contribution in [0.1, 0.15) is 63.1 Å². The second kappa shape index (κ2) is 4.64. The Balaban J connectivity index is 2.25. The maximum absolute atomic E-state index is 4.35. The number of aromatic nitrogens is 3. The molecule has 0 radical (unpaired) electrons. The summed E-state index contributed by atoms with van der Waals surface area (Å²) in [4.78, 5) is 0. The van der Waals surface area contributed by atoms with Gasteiger partial charge in [-0.25, -0.2) is 0 Å². The van der Waals surface area contributed by atoms with Crippen LogP contribution in [0.3, 0.4) is 0 Å². The van der Waals surface area contributed by atoms with E-state index in [1.54, 1.807) is 0 Å². The Kier molecular flexibility index (Phi) is 3.44. The number of hydrogen-bond acceptors (Lipinski definition) is 2. The Morgan fingerprint density at radius 3 is 2.73 bits per heavy atom. The largest absolute Gasteiger partial charge is 0.311 e. The molecule has 0 N–H and O–H groups in total. The molecule has 1 heterocycles. The van der Waals surface area contributed by atoms with Gasteiger partial charge in [0.25, 0.3) is 0 Å². The number of halogens is 1. The quantitative estimate of drug-likeness (QED) is 0.769. The van der Waals surface area contributed by atoms with Gasteiger partial charge >= 0.3 is 0 Å². The zero-order valence-electron chi connectivity index (χ0n) is 9.41. The van der Waals surface area contributed by atoms with E-state index in [1.165, 1.54) is 31.5 Å². The van der Waals surface area contributed by atoms with Crippen molar-refractivity contribution in [3.05, 3.63) is 11.6 Å². The van der Waals surface area contributed by atoms with Crippen LogP contribution < -0.4 is 0 Å². The molecule has 15 heavy (non-hydrogen) atoms. The molecule has 1 aromatic rings. The third-order valence-corrected chi connectivity index (χ3v) is 3.49. The molecule has 0 aromatic carbocycles. The Bertz CT molecular complexity index is 331. The van der Waals surface area contributed by atoms with E-state index >= 15 is 0 Å². The first kappa shape index (κ1) is 11.1. The third kappa shape index (κ3) is 2.25. The van der Waals surface area contributed by atoms with Crippen molar-refractivity contribution in [3.63, 3.8) is 0 Å². The van der Waals surface area contributed by atoms with Crippen LogP contribution in [0.2, 0.25) is 0 Å². The van der Waals surface area contributed by atoms with Gasteiger partial charge in [0.05, 0.1) is 5.33 Å². The normalized spacial score (nSPS) is 18.1.